The molecule has 0 saturated carbocycles. The van der Waals surface area contributed by atoms with Crippen LogP contribution >= 0.6 is 0 Å². The maximum absolute atomic E-state index is 5.15. The van der Waals surface area contributed by atoms with Gasteiger partial charge in [0.1, 0.15) is 5.75 Å². The fourth-order valence-corrected chi connectivity index (χ4v) is 1.29. The van der Waals surface area contributed by atoms with Crippen LogP contribution in [-0.2, 0) is 0 Å². The van der Waals surface area contributed by atoms with E-state index >= 15 is 0 Å². The van der Waals surface area contributed by atoms with Gasteiger partial charge in [-0.1, -0.05) is 6.92 Å². The zero-order chi connectivity index (χ0) is 10.6. The number of hydrogen-bond donors (Lipinski definition) is 1. The summed E-state index contributed by atoms with van der Waals surface area (Å²) in [7, 11) is 1.69. The van der Waals surface area contributed by atoms with Crippen molar-refractivity contribution in [3.05, 3.63) is 23.8 Å². The predicted molar refractivity (Wildman–Crippen MR) is 61.1 cm³/mol. The van der Waals surface area contributed by atoms with Crippen LogP contribution in [0.25, 0.3) is 0 Å². The Morgan fingerprint density at radius 1 is 1.43 bits per heavy atom. The Balaban J connectivity index is 2.78. The summed E-state index contributed by atoms with van der Waals surface area (Å²) in [5, 5.41) is 3.46. The van der Waals surface area contributed by atoms with E-state index in [1.54, 1.807) is 7.11 Å². The Kier molecular flexibility index (Phi) is 3.81. The zero-order valence-corrected chi connectivity index (χ0v) is 9.42. The van der Waals surface area contributed by atoms with E-state index in [0.717, 1.165) is 12.2 Å². The van der Waals surface area contributed by atoms with Crippen LogP contribution in [0, 0.1) is 6.92 Å². The van der Waals surface area contributed by atoms with Gasteiger partial charge in [0, 0.05) is 11.7 Å². The number of rotatable bonds is 4. The van der Waals surface area contributed by atoms with Gasteiger partial charge in [0.25, 0.3) is 0 Å². The van der Waals surface area contributed by atoms with Crippen molar-refractivity contribution in [1.82, 2.24) is 0 Å². The van der Waals surface area contributed by atoms with Crippen LogP contribution in [0.2, 0.25) is 0 Å². The fourth-order valence-electron chi connectivity index (χ4n) is 1.29. The molecule has 14 heavy (non-hydrogen) atoms. The van der Waals surface area contributed by atoms with Gasteiger partial charge in [0.05, 0.1) is 7.11 Å². The average Bonchev–Trinajstić information content (AvgIpc) is 2.20. The van der Waals surface area contributed by atoms with Crippen LogP contribution < -0.4 is 10.1 Å². The van der Waals surface area contributed by atoms with Gasteiger partial charge in [-0.25, -0.2) is 0 Å². The second-order valence-corrected chi connectivity index (χ2v) is 3.63. The highest BCUT2D eigenvalue weighted by molar-refractivity contribution is 5.54. The van der Waals surface area contributed by atoms with Crippen LogP contribution in [0.1, 0.15) is 25.8 Å². The average molecular weight is 193 g/mol. The lowest BCUT2D eigenvalue weighted by Crippen LogP contribution is -2.14. The number of benzene rings is 1. The second-order valence-electron chi connectivity index (χ2n) is 3.63. The molecule has 2 heteroatoms. The van der Waals surface area contributed by atoms with Crippen LogP contribution in [0.4, 0.5) is 5.69 Å². The van der Waals surface area contributed by atoms with Crippen LogP contribution in [-0.4, -0.2) is 13.2 Å². The third-order valence-electron chi connectivity index (χ3n) is 2.45. The molecule has 0 saturated heterocycles. The summed E-state index contributed by atoms with van der Waals surface area (Å²) in [6.07, 6.45) is 1.13. The molecule has 1 aromatic rings. The SMILES string of the molecule is CCC(C)Nc1ccc(OC)cc1C. The Labute approximate surface area is 86.3 Å². The van der Waals surface area contributed by atoms with E-state index in [1.807, 2.05) is 12.1 Å². The topological polar surface area (TPSA) is 21.3 Å². The number of aryl methyl sites for hydroxylation is 1. The number of anilines is 1. The Morgan fingerprint density at radius 3 is 2.64 bits per heavy atom. The standard InChI is InChI=1S/C12H19NO/c1-5-10(3)13-12-7-6-11(14-4)8-9(12)2/h6-8,10,13H,5H2,1-4H3. The summed E-state index contributed by atoms with van der Waals surface area (Å²) in [5.41, 5.74) is 2.42. The van der Waals surface area contributed by atoms with Gasteiger partial charge in [-0.15, -0.1) is 0 Å². The normalized spacial score (nSPS) is 12.3. The minimum Gasteiger partial charge on any atom is -0.497 e. The summed E-state index contributed by atoms with van der Waals surface area (Å²) in [6.45, 7) is 6.45. The van der Waals surface area contributed by atoms with E-state index in [0.29, 0.717) is 6.04 Å². The Morgan fingerprint density at radius 2 is 2.14 bits per heavy atom. The molecule has 0 bridgehead atoms. The molecule has 1 atom stereocenters. The molecule has 1 rings (SSSR count). The maximum Gasteiger partial charge on any atom is 0.119 e. The molecule has 0 radical (unpaired) electrons. The first-order valence-electron chi connectivity index (χ1n) is 5.08. The summed E-state index contributed by atoms with van der Waals surface area (Å²) >= 11 is 0. The zero-order valence-electron chi connectivity index (χ0n) is 9.42. The molecule has 1 N–H and O–H groups in total. The van der Waals surface area contributed by atoms with Gasteiger partial charge in [0.15, 0.2) is 0 Å². The first-order valence-corrected chi connectivity index (χ1v) is 5.08. The minimum absolute atomic E-state index is 0.516. The summed E-state index contributed by atoms with van der Waals surface area (Å²) < 4.78 is 5.15. The minimum atomic E-state index is 0.516. The number of nitrogens with one attached hydrogen (secondary N) is 1. The summed E-state index contributed by atoms with van der Waals surface area (Å²) in [6, 6.07) is 6.62. The Hall–Kier alpha value is -1.18. The van der Waals surface area contributed by atoms with Crippen molar-refractivity contribution in [2.45, 2.75) is 33.2 Å². The smallest absolute Gasteiger partial charge is 0.119 e. The predicted octanol–water partition coefficient (Wildman–Crippen LogP) is 3.21. The lowest BCUT2D eigenvalue weighted by Gasteiger charge is -2.15. The fraction of sp³-hybridized carbons (Fsp3) is 0.500. The lowest BCUT2D eigenvalue weighted by atomic mass is 10.1. The van der Waals surface area contributed by atoms with E-state index in [-0.39, 0.29) is 0 Å². The van der Waals surface area contributed by atoms with Crippen LogP contribution in [0.3, 0.4) is 0 Å². The van der Waals surface area contributed by atoms with E-state index in [2.05, 4.69) is 32.2 Å². The van der Waals surface area contributed by atoms with Gasteiger partial charge in [-0.05, 0) is 44.0 Å². The van der Waals surface area contributed by atoms with Crippen LogP contribution in [0.15, 0.2) is 18.2 Å². The third-order valence-corrected chi connectivity index (χ3v) is 2.45. The quantitative estimate of drug-likeness (QED) is 0.792. The van der Waals surface area contributed by atoms with Crippen molar-refractivity contribution in [1.29, 1.82) is 0 Å². The molecule has 78 valence electrons. The first kappa shape index (κ1) is 10.9. The highest BCUT2D eigenvalue weighted by atomic mass is 16.5. The summed E-state index contributed by atoms with van der Waals surface area (Å²) in [4.78, 5) is 0. The Bertz CT molecular complexity index is 296. The molecule has 0 aliphatic rings. The molecule has 0 spiro atoms. The molecule has 0 aliphatic carbocycles. The molecule has 0 amide bonds. The third kappa shape index (κ3) is 2.66. The largest absolute Gasteiger partial charge is 0.497 e. The van der Waals surface area contributed by atoms with Crippen LogP contribution in [0.5, 0.6) is 5.75 Å². The molecule has 0 aromatic heterocycles. The van der Waals surface area contributed by atoms with E-state index in [9.17, 15) is 0 Å². The number of ether oxygens (including phenoxy) is 1. The monoisotopic (exact) mass is 193 g/mol. The number of methoxy groups -OCH3 is 1. The van der Waals surface area contributed by atoms with Gasteiger partial charge >= 0.3 is 0 Å². The van der Waals surface area contributed by atoms with Gasteiger partial charge in [0.2, 0.25) is 0 Å². The van der Waals surface area contributed by atoms with E-state index in [1.165, 1.54) is 11.3 Å². The van der Waals surface area contributed by atoms with Crippen molar-refractivity contribution in [2.75, 3.05) is 12.4 Å². The molecular weight excluding hydrogens is 174 g/mol. The van der Waals surface area contributed by atoms with Crippen molar-refractivity contribution < 1.29 is 4.74 Å². The van der Waals surface area contributed by atoms with Gasteiger partial charge in [-0.3, -0.25) is 0 Å². The highest BCUT2D eigenvalue weighted by Crippen LogP contribution is 2.21. The molecule has 0 aliphatic heterocycles. The molecule has 2 nitrogen and oxygen atoms in total. The van der Waals surface area contributed by atoms with E-state index < -0.39 is 0 Å². The van der Waals surface area contributed by atoms with Crippen molar-refractivity contribution in [3.8, 4) is 5.75 Å². The highest BCUT2D eigenvalue weighted by Gasteiger charge is 2.02. The molecule has 0 fully saturated rings. The first-order chi connectivity index (χ1) is 6.67. The molecule has 1 aromatic carbocycles. The van der Waals surface area contributed by atoms with Crippen molar-refractivity contribution in [3.63, 3.8) is 0 Å². The lowest BCUT2D eigenvalue weighted by molar-refractivity contribution is 0.414. The van der Waals surface area contributed by atoms with Crippen molar-refractivity contribution in [2.24, 2.45) is 0 Å². The van der Waals surface area contributed by atoms with Gasteiger partial charge in [-0.2, -0.15) is 0 Å². The molecule has 0 heterocycles. The summed E-state index contributed by atoms with van der Waals surface area (Å²) in [5.74, 6) is 0.914. The van der Waals surface area contributed by atoms with E-state index in [4.69, 9.17) is 4.74 Å². The van der Waals surface area contributed by atoms with Gasteiger partial charge < -0.3 is 10.1 Å². The number of hydrogen-bond acceptors (Lipinski definition) is 2. The second kappa shape index (κ2) is 4.89. The molecule has 1 unspecified atom stereocenters. The maximum atomic E-state index is 5.15. The molecular formula is C12H19NO. The van der Waals surface area contributed by atoms with Crippen molar-refractivity contribution >= 4 is 5.69 Å².